The number of hydrogen-bond acceptors (Lipinski definition) is 4. The molecule has 0 saturated heterocycles. The van der Waals surface area contributed by atoms with Gasteiger partial charge in [-0.05, 0) is 68.1 Å². The quantitative estimate of drug-likeness (QED) is 0.464. The first-order valence-electron chi connectivity index (χ1n) is 10.6. The fraction of sp³-hybridized carbons (Fsp3) is 0.375. The lowest BCUT2D eigenvalue weighted by atomic mass is 9.88. The van der Waals surface area contributed by atoms with E-state index >= 15 is 0 Å². The molecule has 2 N–H and O–H groups in total. The molecule has 1 aliphatic carbocycles. The lowest BCUT2D eigenvalue weighted by molar-refractivity contribution is -0.123. The zero-order valence-electron chi connectivity index (χ0n) is 17.9. The number of hydrazone groups is 1. The van der Waals surface area contributed by atoms with Gasteiger partial charge < -0.3 is 10.1 Å². The second kappa shape index (κ2) is 11.0. The number of carbonyl (C=O) groups excluding carboxylic acids is 2. The van der Waals surface area contributed by atoms with Crippen LogP contribution in [0.15, 0.2) is 47.6 Å². The summed E-state index contributed by atoms with van der Waals surface area (Å²) in [6, 6.07) is 12.7. The van der Waals surface area contributed by atoms with Crippen molar-refractivity contribution < 1.29 is 14.3 Å². The summed E-state index contributed by atoms with van der Waals surface area (Å²) in [5, 5.41) is 7.78. The average molecular weight is 442 g/mol. The minimum absolute atomic E-state index is 0.0781. The molecular formula is C24H28ClN3O3. The number of carbonyl (C=O) groups is 2. The number of halogens is 1. The maximum Gasteiger partial charge on any atom is 0.277 e. The van der Waals surface area contributed by atoms with Crippen molar-refractivity contribution in [3.05, 3.63) is 58.6 Å². The van der Waals surface area contributed by atoms with Crippen LogP contribution >= 0.6 is 11.6 Å². The Morgan fingerprint density at radius 2 is 1.90 bits per heavy atom. The largest absolute Gasteiger partial charge is 0.483 e. The Kier molecular flexibility index (Phi) is 8.06. The first-order chi connectivity index (χ1) is 14.9. The van der Waals surface area contributed by atoms with Gasteiger partial charge >= 0.3 is 0 Å². The number of benzene rings is 2. The molecule has 1 fully saturated rings. The number of aryl methyl sites for hydroxylation is 1. The van der Waals surface area contributed by atoms with Crippen LogP contribution in [0.3, 0.4) is 0 Å². The van der Waals surface area contributed by atoms with Crippen LogP contribution in [-0.2, 0) is 9.59 Å². The van der Waals surface area contributed by atoms with E-state index in [0.717, 1.165) is 42.5 Å². The van der Waals surface area contributed by atoms with Crippen LogP contribution in [0.4, 0.5) is 5.69 Å². The highest BCUT2D eigenvalue weighted by molar-refractivity contribution is 6.30. The maximum absolute atomic E-state index is 12.5. The van der Waals surface area contributed by atoms with Crippen molar-refractivity contribution in [1.29, 1.82) is 0 Å². The van der Waals surface area contributed by atoms with Gasteiger partial charge in [-0.15, -0.1) is 0 Å². The highest BCUT2D eigenvalue weighted by atomic mass is 35.5. The van der Waals surface area contributed by atoms with Crippen molar-refractivity contribution in [1.82, 2.24) is 5.43 Å². The fourth-order valence-electron chi connectivity index (χ4n) is 3.59. The van der Waals surface area contributed by atoms with Crippen LogP contribution in [0, 0.1) is 12.8 Å². The minimum atomic E-state index is -0.365. The molecule has 2 aromatic carbocycles. The highest BCUT2D eigenvalue weighted by Gasteiger charge is 2.21. The molecule has 3 rings (SSSR count). The zero-order chi connectivity index (χ0) is 22.2. The smallest absolute Gasteiger partial charge is 0.277 e. The van der Waals surface area contributed by atoms with E-state index in [4.69, 9.17) is 16.3 Å². The Labute approximate surface area is 188 Å². The Balaban J connectivity index is 1.53. The average Bonchev–Trinajstić information content (AvgIpc) is 2.77. The van der Waals surface area contributed by atoms with E-state index in [0.29, 0.717) is 16.5 Å². The van der Waals surface area contributed by atoms with Crippen LogP contribution in [0.1, 0.15) is 50.2 Å². The van der Waals surface area contributed by atoms with Crippen molar-refractivity contribution in [3.8, 4) is 5.75 Å². The summed E-state index contributed by atoms with van der Waals surface area (Å²) in [6.07, 6.45) is 5.35. The number of ether oxygens (including phenoxy) is 1. The number of nitrogens with one attached hydrogen (secondary N) is 2. The number of anilines is 1. The predicted molar refractivity (Wildman–Crippen MR) is 124 cm³/mol. The second-order valence-corrected chi connectivity index (χ2v) is 8.27. The second-order valence-electron chi connectivity index (χ2n) is 7.84. The van der Waals surface area contributed by atoms with E-state index in [2.05, 4.69) is 15.8 Å². The molecule has 7 heteroatoms. The molecule has 0 heterocycles. The molecule has 0 atom stereocenters. The molecule has 0 aromatic heterocycles. The van der Waals surface area contributed by atoms with Gasteiger partial charge in [-0.2, -0.15) is 5.10 Å². The molecule has 2 aromatic rings. The van der Waals surface area contributed by atoms with Gasteiger partial charge in [-0.1, -0.05) is 43.0 Å². The van der Waals surface area contributed by atoms with Crippen LogP contribution in [0.25, 0.3) is 0 Å². The molecule has 0 aliphatic heterocycles. The first-order valence-corrected chi connectivity index (χ1v) is 10.9. The van der Waals surface area contributed by atoms with Crippen molar-refractivity contribution >= 4 is 34.8 Å². The molecule has 6 nitrogen and oxygen atoms in total. The van der Waals surface area contributed by atoms with E-state index in [1.807, 2.05) is 31.2 Å². The van der Waals surface area contributed by atoms with Gasteiger partial charge in [0.25, 0.3) is 5.91 Å². The van der Waals surface area contributed by atoms with Gasteiger partial charge in [0.1, 0.15) is 5.75 Å². The number of rotatable bonds is 7. The molecule has 2 amide bonds. The molecule has 164 valence electrons. The van der Waals surface area contributed by atoms with E-state index in [-0.39, 0.29) is 24.3 Å². The van der Waals surface area contributed by atoms with E-state index < -0.39 is 0 Å². The summed E-state index contributed by atoms with van der Waals surface area (Å²) >= 11 is 5.92. The monoisotopic (exact) mass is 441 g/mol. The van der Waals surface area contributed by atoms with Crippen LogP contribution in [0.2, 0.25) is 5.02 Å². The lowest BCUT2D eigenvalue weighted by Gasteiger charge is -2.20. The van der Waals surface area contributed by atoms with Gasteiger partial charge in [-0.3, -0.25) is 9.59 Å². The van der Waals surface area contributed by atoms with Gasteiger partial charge in [-0.25, -0.2) is 5.43 Å². The summed E-state index contributed by atoms with van der Waals surface area (Å²) in [4.78, 5) is 24.6. The highest BCUT2D eigenvalue weighted by Crippen LogP contribution is 2.25. The summed E-state index contributed by atoms with van der Waals surface area (Å²) in [5.74, 6) is 0.405. The molecule has 31 heavy (non-hydrogen) atoms. The molecule has 0 unspecified atom stereocenters. The number of hydrogen-bond donors (Lipinski definition) is 2. The Morgan fingerprint density at radius 3 is 2.65 bits per heavy atom. The van der Waals surface area contributed by atoms with Crippen LogP contribution in [-0.4, -0.2) is 24.1 Å². The van der Waals surface area contributed by atoms with Gasteiger partial charge in [0.05, 0.1) is 5.71 Å². The standard InChI is InChI=1S/C24H28ClN3O3/c1-16-13-20(25)11-12-22(16)31-15-23(29)28-27-17(2)19-9-6-10-21(14-19)26-24(30)18-7-4-3-5-8-18/h6,9-14,18H,3-5,7-8,15H2,1-2H3,(H,26,30)(H,28,29). The number of amides is 2. The zero-order valence-corrected chi connectivity index (χ0v) is 18.7. The maximum atomic E-state index is 12.5. The predicted octanol–water partition coefficient (Wildman–Crippen LogP) is 5.09. The minimum Gasteiger partial charge on any atom is -0.483 e. The third kappa shape index (κ3) is 6.82. The Morgan fingerprint density at radius 1 is 1.13 bits per heavy atom. The summed E-state index contributed by atoms with van der Waals surface area (Å²) in [6.45, 7) is 3.50. The van der Waals surface area contributed by atoms with E-state index in [1.165, 1.54) is 6.42 Å². The third-order valence-corrected chi connectivity index (χ3v) is 5.60. The van der Waals surface area contributed by atoms with Crippen LogP contribution in [0.5, 0.6) is 5.75 Å². The van der Waals surface area contributed by atoms with Crippen molar-refractivity contribution in [2.75, 3.05) is 11.9 Å². The fourth-order valence-corrected chi connectivity index (χ4v) is 3.82. The normalized spacial score (nSPS) is 14.7. The third-order valence-electron chi connectivity index (χ3n) is 5.37. The lowest BCUT2D eigenvalue weighted by Crippen LogP contribution is -2.26. The molecule has 1 saturated carbocycles. The number of nitrogens with zero attached hydrogens (tertiary/aromatic N) is 1. The van der Waals surface area contributed by atoms with E-state index in [1.54, 1.807) is 25.1 Å². The van der Waals surface area contributed by atoms with Gasteiger partial charge in [0.2, 0.25) is 5.91 Å². The van der Waals surface area contributed by atoms with Gasteiger partial charge in [0, 0.05) is 16.6 Å². The SMILES string of the molecule is CC(=NNC(=O)COc1ccc(Cl)cc1C)c1cccc(NC(=O)C2CCCCC2)c1. The van der Waals surface area contributed by atoms with Crippen molar-refractivity contribution in [2.24, 2.45) is 11.0 Å². The first kappa shape index (κ1) is 22.8. The van der Waals surface area contributed by atoms with Crippen LogP contribution < -0.4 is 15.5 Å². The Bertz CT molecular complexity index is 968. The Hall–Kier alpha value is -2.86. The van der Waals surface area contributed by atoms with Crippen molar-refractivity contribution in [2.45, 2.75) is 46.0 Å². The van der Waals surface area contributed by atoms with Crippen molar-refractivity contribution in [3.63, 3.8) is 0 Å². The molecule has 0 bridgehead atoms. The summed E-state index contributed by atoms with van der Waals surface area (Å²) in [7, 11) is 0. The molecular weight excluding hydrogens is 414 g/mol. The van der Waals surface area contributed by atoms with E-state index in [9.17, 15) is 9.59 Å². The molecule has 0 spiro atoms. The topological polar surface area (TPSA) is 79.8 Å². The molecule has 0 radical (unpaired) electrons. The molecule has 1 aliphatic rings. The van der Waals surface area contributed by atoms with Gasteiger partial charge in [0.15, 0.2) is 6.61 Å². The summed E-state index contributed by atoms with van der Waals surface area (Å²) in [5.41, 5.74) is 5.54. The summed E-state index contributed by atoms with van der Waals surface area (Å²) < 4.78 is 5.52.